The van der Waals surface area contributed by atoms with Crippen molar-refractivity contribution >= 4 is 29.9 Å². The normalized spacial score (nSPS) is 18.7. The molecule has 2 atom stereocenters. The van der Waals surface area contributed by atoms with Gasteiger partial charge in [0.2, 0.25) is 0 Å². The van der Waals surface area contributed by atoms with E-state index < -0.39 is 6.10 Å². The van der Waals surface area contributed by atoms with E-state index in [2.05, 4.69) is 10.6 Å². The fourth-order valence-corrected chi connectivity index (χ4v) is 2.49. The van der Waals surface area contributed by atoms with Gasteiger partial charge in [-0.15, -0.1) is 12.4 Å². The second-order valence-electron chi connectivity index (χ2n) is 5.09. The molecule has 1 aromatic rings. The van der Waals surface area contributed by atoms with Crippen LogP contribution in [0.25, 0.3) is 0 Å². The fourth-order valence-electron chi connectivity index (χ4n) is 2.31. The van der Waals surface area contributed by atoms with Crippen LogP contribution in [0.1, 0.15) is 26.2 Å². The zero-order chi connectivity index (χ0) is 14.4. The molecule has 1 aliphatic heterocycles. The second kappa shape index (κ2) is 9.13. The van der Waals surface area contributed by atoms with Gasteiger partial charge in [0.05, 0.1) is 0 Å². The minimum absolute atomic E-state index is 0. The number of halogens is 2. The van der Waals surface area contributed by atoms with Crippen molar-refractivity contribution in [2.45, 2.75) is 38.3 Å². The largest absolute Gasteiger partial charge is 0.481 e. The molecule has 0 aromatic heterocycles. The first-order chi connectivity index (χ1) is 9.65. The first kappa shape index (κ1) is 18.1. The molecule has 1 fully saturated rings. The summed E-state index contributed by atoms with van der Waals surface area (Å²) in [5.41, 5.74) is 0. The zero-order valence-electron chi connectivity index (χ0n) is 12.1. The number of rotatable bonds is 6. The molecule has 1 saturated heterocycles. The number of hydrogen-bond donors (Lipinski definition) is 2. The van der Waals surface area contributed by atoms with E-state index in [1.54, 1.807) is 31.2 Å². The molecule has 118 valence electrons. The summed E-state index contributed by atoms with van der Waals surface area (Å²) in [6.07, 6.45) is 2.87. The van der Waals surface area contributed by atoms with Gasteiger partial charge in [0.1, 0.15) is 5.75 Å². The Morgan fingerprint density at radius 1 is 1.57 bits per heavy atom. The van der Waals surface area contributed by atoms with E-state index >= 15 is 0 Å². The van der Waals surface area contributed by atoms with Crippen molar-refractivity contribution in [1.29, 1.82) is 0 Å². The number of carbonyl (C=O) groups excluding carboxylic acids is 1. The minimum atomic E-state index is -0.523. The quantitative estimate of drug-likeness (QED) is 0.842. The van der Waals surface area contributed by atoms with Crippen LogP contribution in [0.2, 0.25) is 5.02 Å². The third-order valence-corrected chi connectivity index (χ3v) is 3.67. The predicted molar refractivity (Wildman–Crippen MR) is 87.4 cm³/mol. The molecule has 21 heavy (non-hydrogen) atoms. The van der Waals surface area contributed by atoms with Gasteiger partial charge in [-0.3, -0.25) is 4.79 Å². The molecule has 1 heterocycles. The van der Waals surface area contributed by atoms with E-state index in [4.69, 9.17) is 16.3 Å². The van der Waals surface area contributed by atoms with Gasteiger partial charge in [0.15, 0.2) is 6.10 Å². The first-order valence-corrected chi connectivity index (χ1v) is 7.46. The summed E-state index contributed by atoms with van der Waals surface area (Å²) in [4.78, 5) is 11.9. The Kier molecular flexibility index (Phi) is 7.86. The Labute approximate surface area is 137 Å². The third-order valence-electron chi connectivity index (χ3n) is 3.43. The molecule has 0 saturated carbocycles. The van der Waals surface area contributed by atoms with Gasteiger partial charge >= 0.3 is 0 Å². The van der Waals surface area contributed by atoms with Crippen molar-refractivity contribution in [2.75, 3.05) is 13.1 Å². The van der Waals surface area contributed by atoms with E-state index in [1.807, 2.05) is 0 Å². The summed E-state index contributed by atoms with van der Waals surface area (Å²) in [7, 11) is 0. The van der Waals surface area contributed by atoms with Crippen LogP contribution in [0.15, 0.2) is 24.3 Å². The van der Waals surface area contributed by atoms with Crippen LogP contribution in [0.5, 0.6) is 5.75 Å². The first-order valence-electron chi connectivity index (χ1n) is 7.08. The molecular formula is C15H22Cl2N2O2. The van der Waals surface area contributed by atoms with Crippen molar-refractivity contribution in [3.05, 3.63) is 29.3 Å². The summed E-state index contributed by atoms with van der Waals surface area (Å²) < 4.78 is 5.57. The molecule has 0 aliphatic carbocycles. The lowest BCUT2D eigenvalue weighted by Crippen LogP contribution is -2.38. The second-order valence-corrected chi connectivity index (χ2v) is 5.53. The average molecular weight is 333 g/mol. The molecule has 1 aromatic carbocycles. The summed E-state index contributed by atoms with van der Waals surface area (Å²) in [6, 6.07) is 7.60. The van der Waals surface area contributed by atoms with Gasteiger partial charge in [0, 0.05) is 17.6 Å². The molecule has 0 spiro atoms. The van der Waals surface area contributed by atoms with Gasteiger partial charge in [-0.2, -0.15) is 0 Å². The maximum atomic E-state index is 11.9. The van der Waals surface area contributed by atoms with E-state index in [-0.39, 0.29) is 18.3 Å². The minimum Gasteiger partial charge on any atom is -0.481 e. The van der Waals surface area contributed by atoms with Crippen molar-refractivity contribution in [3.63, 3.8) is 0 Å². The molecule has 0 radical (unpaired) electrons. The van der Waals surface area contributed by atoms with E-state index in [0.29, 0.717) is 23.4 Å². The van der Waals surface area contributed by atoms with Crippen LogP contribution in [0.4, 0.5) is 0 Å². The van der Waals surface area contributed by atoms with E-state index in [0.717, 1.165) is 13.0 Å². The SMILES string of the molecule is CC(Oc1cccc(Cl)c1)C(=O)NCC[C@H]1CCCN1.Cl. The smallest absolute Gasteiger partial charge is 0.260 e. The molecule has 0 bridgehead atoms. The average Bonchev–Trinajstić information content (AvgIpc) is 2.91. The van der Waals surface area contributed by atoms with Crippen LogP contribution in [-0.2, 0) is 4.79 Å². The number of ether oxygens (including phenoxy) is 1. The van der Waals surface area contributed by atoms with Crippen LogP contribution in [0.3, 0.4) is 0 Å². The van der Waals surface area contributed by atoms with E-state index in [9.17, 15) is 4.79 Å². The highest BCUT2D eigenvalue weighted by atomic mass is 35.5. The highest BCUT2D eigenvalue weighted by Crippen LogP contribution is 2.18. The molecule has 1 aliphatic rings. The Balaban J connectivity index is 0.00000220. The lowest BCUT2D eigenvalue weighted by molar-refractivity contribution is -0.127. The Morgan fingerprint density at radius 2 is 2.38 bits per heavy atom. The van der Waals surface area contributed by atoms with Crippen LogP contribution in [0, 0.1) is 0 Å². The van der Waals surface area contributed by atoms with Crippen LogP contribution >= 0.6 is 24.0 Å². The van der Waals surface area contributed by atoms with Crippen molar-refractivity contribution in [1.82, 2.24) is 10.6 Å². The maximum absolute atomic E-state index is 11.9. The summed E-state index contributed by atoms with van der Waals surface area (Å²) in [6.45, 7) is 3.51. The topological polar surface area (TPSA) is 50.4 Å². The lowest BCUT2D eigenvalue weighted by atomic mass is 10.1. The molecule has 2 N–H and O–H groups in total. The lowest BCUT2D eigenvalue weighted by Gasteiger charge is -2.16. The number of hydrogen-bond acceptors (Lipinski definition) is 3. The standard InChI is InChI=1S/C15H21ClN2O2.ClH/c1-11(20-14-6-2-4-12(16)10-14)15(19)18-9-7-13-5-3-8-17-13;/h2,4,6,10-11,13,17H,3,5,7-9H2,1H3,(H,18,19);1H/t11?,13-;/m1./s1. The van der Waals surface area contributed by atoms with Gasteiger partial charge in [-0.1, -0.05) is 17.7 Å². The Hall–Kier alpha value is -0.970. The van der Waals surface area contributed by atoms with Gasteiger partial charge < -0.3 is 15.4 Å². The van der Waals surface area contributed by atoms with Gasteiger partial charge in [-0.05, 0) is 50.9 Å². The molecule has 2 rings (SSSR count). The molecular weight excluding hydrogens is 311 g/mol. The highest BCUT2D eigenvalue weighted by molar-refractivity contribution is 6.30. The maximum Gasteiger partial charge on any atom is 0.260 e. The van der Waals surface area contributed by atoms with Crippen molar-refractivity contribution in [3.8, 4) is 5.75 Å². The number of benzene rings is 1. The summed E-state index contributed by atoms with van der Waals surface area (Å²) >= 11 is 5.88. The van der Waals surface area contributed by atoms with Gasteiger partial charge in [-0.25, -0.2) is 0 Å². The number of nitrogens with one attached hydrogen (secondary N) is 2. The highest BCUT2D eigenvalue weighted by Gasteiger charge is 2.17. The molecule has 4 nitrogen and oxygen atoms in total. The monoisotopic (exact) mass is 332 g/mol. The Morgan fingerprint density at radius 3 is 3.05 bits per heavy atom. The zero-order valence-corrected chi connectivity index (χ0v) is 13.7. The number of amides is 1. The summed E-state index contributed by atoms with van der Waals surface area (Å²) in [5, 5.41) is 6.92. The third kappa shape index (κ3) is 6.12. The van der Waals surface area contributed by atoms with Crippen LogP contribution < -0.4 is 15.4 Å². The van der Waals surface area contributed by atoms with Crippen LogP contribution in [-0.4, -0.2) is 31.1 Å². The Bertz CT molecular complexity index is 451. The number of carbonyl (C=O) groups is 1. The molecule has 6 heteroatoms. The van der Waals surface area contributed by atoms with Crippen molar-refractivity contribution in [2.24, 2.45) is 0 Å². The molecule has 1 unspecified atom stereocenters. The summed E-state index contributed by atoms with van der Waals surface area (Å²) in [5.74, 6) is 0.514. The molecule has 1 amide bonds. The predicted octanol–water partition coefficient (Wildman–Crippen LogP) is 2.79. The van der Waals surface area contributed by atoms with E-state index in [1.165, 1.54) is 12.8 Å². The fraction of sp³-hybridized carbons (Fsp3) is 0.533. The van der Waals surface area contributed by atoms with Gasteiger partial charge in [0.25, 0.3) is 5.91 Å². The van der Waals surface area contributed by atoms with Crippen molar-refractivity contribution < 1.29 is 9.53 Å².